The Morgan fingerprint density at radius 1 is 1.45 bits per heavy atom. The smallest absolute Gasteiger partial charge is 0.0633 e. The van der Waals surface area contributed by atoms with Crippen molar-refractivity contribution in [2.24, 2.45) is 5.92 Å². The quantitative estimate of drug-likeness (QED) is 0.568. The molecule has 1 rings (SSSR count). The predicted molar refractivity (Wildman–Crippen MR) is 47.6 cm³/mol. The van der Waals surface area contributed by atoms with Crippen LogP contribution in [-0.2, 0) is 4.74 Å². The van der Waals surface area contributed by atoms with Gasteiger partial charge in [-0.25, -0.2) is 0 Å². The Morgan fingerprint density at radius 3 is 2.91 bits per heavy atom. The summed E-state index contributed by atoms with van der Waals surface area (Å²) >= 11 is 0. The highest BCUT2D eigenvalue weighted by Crippen LogP contribution is 2.28. The van der Waals surface area contributed by atoms with E-state index in [1.165, 1.54) is 19.3 Å². The van der Waals surface area contributed by atoms with Gasteiger partial charge in [-0.05, 0) is 19.3 Å². The number of hydrogen-bond donors (Lipinski definition) is 0. The van der Waals surface area contributed by atoms with E-state index in [9.17, 15) is 0 Å². The van der Waals surface area contributed by atoms with Crippen molar-refractivity contribution >= 4 is 0 Å². The lowest BCUT2D eigenvalue weighted by Crippen LogP contribution is -2.13. The lowest BCUT2D eigenvalue weighted by molar-refractivity contribution is 0.0861. The molecule has 0 aromatic heterocycles. The van der Waals surface area contributed by atoms with Crippen LogP contribution in [0.25, 0.3) is 0 Å². The van der Waals surface area contributed by atoms with Crippen molar-refractivity contribution in [1.29, 1.82) is 0 Å². The van der Waals surface area contributed by atoms with Gasteiger partial charge in [0.15, 0.2) is 0 Å². The lowest BCUT2D eigenvalue weighted by atomic mass is 10.1. The topological polar surface area (TPSA) is 9.23 Å². The zero-order valence-corrected chi connectivity index (χ0v) is 7.55. The van der Waals surface area contributed by atoms with E-state index in [-0.39, 0.29) is 0 Å². The first kappa shape index (κ1) is 8.79. The molecule has 1 saturated carbocycles. The van der Waals surface area contributed by atoms with E-state index in [0.29, 0.717) is 12.0 Å². The third kappa shape index (κ3) is 2.33. The monoisotopic (exact) mass is 154 g/mol. The molecule has 64 valence electrons. The zero-order chi connectivity index (χ0) is 8.10. The summed E-state index contributed by atoms with van der Waals surface area (Å²) in [4.78, 5) is 0. The molecule has 1 fully saturated rings. The molecular weight excluding hydrogens is 136 g/mol. The molecule has 2 atom stereocenters. The number of allylic oxidation sites excluding steroid dienone is 1. The molecule has 0 amide bonds. The summed E-state index contributed by atoms with van der Waals surface area (Å²) in [7, 11) is 1.82. The highest BCUT2D eigenvalue weighted by Gasteiger charge is 2.24. The van der Waals surface area contributed by atoms with Crippen LogP contribution in [-0.4, -0.2) is 13.2 Å². The van der Waals surface area contributed by atoms with Crippen molar-refractivity contribution < 1.29 is 4.74 Å². The molecule has 0 aliphatic heterocycles. The second kappa shape index (κ2) is 4.55. The maximum Gasteiger partial charge on any atom is 0.0633 e. The molecule has 0 saturated heterocycles. The van der Waals surface area contributed by atoms with Gasteiger partial charge in [0.25, 0.3) is 0 Å². The van der Waals surface area contributed by atoms with Crippen LogP contribution in [0.1, 0.15) is 32.6 Å². The minimum atomic E-state index is 0.498. The van der Waals surface area contributed by atoms with Gasteiger partial charge >= 0.3 is 0 Å². The molecule has 1 heteroatoms. The SMILES string of the molecule is CCC=CC1CCCC1OC. The van der Waals surface area contributed by atoms with Crippen molar-refractivity contribution in [2.75, 3.05) is 7.11 Å². The Hall–Kier alpha value is -0.300. The van der Waals surface area contributed by atoms with Gasteiger partial charge < -0.3 is 4.74 Å². The van der Waals surface area contributed by atoms with E-state index in [0.717, 1.165) is 6.42 Å². The van der Waals surface area contributed by atoms with Crippen LogP contribution in [0, 0.1) is 5.92 Å². The van der Waals surface area contributed by atoms with Crippen LogP contribution in [0.15, 0.2) is 12.2 Å². The van der Waals surface area contributed by atoms with E-state index in [2.05, 4.69) is 19.1 Å². The molecule has 2 unspecified atom stereocenters. The highest BCUT2D eigenvalue weighted by atomic mass is 16.5. The van der Waals surface area contributed by atoms with Crippen LogP contribution in [0.4, 0.5) is 0 Å². The molecule has 1 aliphatic rings. The zero-order valence-electron chi connectivity index (χ0n) is 7.55. The molecule has 0 bridgehead atoms. The fourth-order valence-electron chi connectivity index (χ4n) is 1.78. The Labute approximate surface area is 69.4 Å². The summed E-state index contributed by atoms with van der Waals surface area (Å²) in [5, 5.41) is 0. The van der Waals surface area contributed by atoms with Crippen molar-refractivity contribution in [3.63, 3.8) is 0 Å². The minimum absolute atomic E-state index is 0.498. The van der Waals surface area contributed by atoms with Gasteiger partial charge in [0.1, 0.15) is 0 Å². The lowest BCUT2D eigenvalue weighted by Gasteiger charge is -2.13. The molecule has 1 aliphatic carbocycles. The fourth-order valence-corrected chi connectivity index (χ4v) is 1.78. The molecule has 1 nitrogen and oxygen atoms in total. The Kier molecular flexibility index (Phi) is 3.64. The molecular formula is C10H18O. The van der Waals surface area contributed by atoms with Crippen LogP contribution in [0.2, 0.25) is 0 Å². The normalized spacial score (nSPS) is 31.8. The number of rotatable bonds is 3. The average molecular weight is 154 g/mol. The number of hydrogen-bond acceptors (Lipinski definition) is 1. The van der Waals surface area contributed by atoms with E-state index < -0.39 is 0 Å². The Balaban J connectivity index is 2.37. The van der Waals surface area contributed by atoms with Crippen LogP contribution in [0.3, 0.4) is 0 Å². The fraction of sp³-hybridized carbons (Fsp3) is 0.800. The van der Waals surface area contributed by atoms with Gasteiger partial charge in [-0.2, -0.15) is 0 Å². The summed E-state index contributed by atoms with van der Waals surface area (Å²) in [6.45, 7) is 2.17. The van der Waals surface area contributed by atoms with Gasteiger partial charge in [0.05, 0.1) is 6.10 Å². The standard InChI is InChI=1S/C10H18O/c1-3-4-6-9-7-5-8-10(9)11-2/h4,6,9-10H,3,5,7-8H2,1-2H3. The second-order valence-corrected chi connectivity index (χ2v) is 3.21. The average Bonchev–Trinajstić information content (AvgIpc) is 2.47. The van der Waals surface area contributed by atoms with Crippen LogP contribution in [0.5, 0.6) is 0 Å². The third-order valence-corrected chi connectivity index (χ3v) is 2.43. The number of methoxy groups -OCH3 is 1. The first-order chi connectivity index (χ1) is 5.38. The minimum Gasteiger partial charge on any atom is -0.381 e. The maximum absolute atomic E-state index is 5.37. The summed E-state index contributed by atoms with van der Waals surface area (Å²) in [6.07, 6.45) is 10.1. The van der Waals surface area contributed by atoms with E-state index >= 15 is 0 Å². The van der Waals surface area contributed by atoms with Gasteiger partial charge in [-0.3, -0.25) is 0 Å². The predicted octanol–water partition coefficient (Wildman–Crippen LogP) is 2.77. The van der Waals surface area contributed by atoms with Gasteiger partial charge in [-0.15, -0.1) is 0 Å². The Morgan fingerprint density at radius 2 is 2.27 bits per heavy atom. The third-order valence-electron chi connectivity index (χ3n) is 2.43. The van der Waals surface area contributed by atoms with E-state index in [1.54, 1.807) is 0 Å². The summed E-state index contributed by atoms with van der Waals surface area (Å²) in [6, 6.07) is 0. The van der Waals surface area contributed by atoms with Crippen molar-refractivity contribution in [1.82, 2.24) is 0 Å². The molecule has 0 heterocycles. The molecule has 11 heavy (non-hydrogen) atoms. The van der Waals surface area contributed by atoms with E-state index in [1.807, 2.05) is 7.11 Å². The van der Waals surface area contributed by atoms with Crippen molar-refractivity contribution in [3.05, 3.63) is 12.2 Å². The summed E-state index contributed by atoms with van der Waals surface area (Å²) in [5.41, 5.74) is 0. The summed E-state index contributed by atoms with van der Waals surface area (Å²) < 4.78 is 5.37. The molecule has 0 aromatic rings. The molecule has 0 N–H and O–H groups in total. The highest BCUT2D eigenvalue weighted by molar-refractivity contribution is 4.95. The molecule has 0 aromatic carbocycles. The van der Waals surface area contributed by atoms with Gasteiger partial charge in [-0.1, -0.05) is 25.5 Å². The maximum atomic E-state index is 5.37. The van der Waals surface area contributed by atoms with E-state index in [4.69, 9.17) is 4.74 Å². The second-order valence-electron chi connectivity index (χ2n) is 3.21. The Bertz CT molecular complexity index is 129. The molecule has 0 radical (unpaired) electrons. The van der Waals surface area contributed by atoms with Crippen LogP contribution < -0.4 is 0 Å². The van der Waals surface area contributed by atoms with Gasteiger partial charge in [0, 0.05) is 13.0 Å². The first-order valence-electron chi connectivity index (χ1n) is 4.58. The van der Waals surface area contributed by atoms with Crippen molar-refractivity contribution in [2.45, 2.75) is 38.7 Å². The molecule has 0 spiro atoms. The van der Waals surface area contributed by atoms with Crippen LogP contribution >= 0.6 is 0 Å². The number of ether oxygens (including phenoxy) is 1. The largest absolute Gasteiger partial charge is 0.381 e. The first-order valence-corrected chi connectivity index (χ1v) is 4.58. The van der Waals surface area contributed by atoms with Crippen molar-refractivity contribution in [3.8, 4) is 0 Å². The van der Waals surface area contributed by atoms with Gasteiger partial charge in [0.2, 0.25) is 0 Å². The summed E-state index contributed by atoms with van der Waals surface area (Å²) in [5.74, 6) is 0.694.